The summed E-state index contributed by atoms with van der Waals surface area (Å²) in [5.74, 6) is 0. The molecule has 0 aromatic heterocycles. The molecule has 0 amide bonds. The molecular formula is C7H14FN. The Labute approximate surface area is 55.8 Å². The van der Waals surface area contributed by atoms with Gasteiger partial charge in [0.25, 0.3) is 0 Å². The van der Waals surface area contributed by atoms with Gasteiger partial charge in [0.15, 0.2) is 0 Å². The number of likely N-dealkylation sites (tertiary alicyclic amines) is 1. The maximum atomic E-state index is 12.6. The lowest BCUT2D eigenvalue weighted by Crippen LogP contribution is -2.31. The number of hydrogen-bond donors (Lipinski definition) is 0. The highest BCUT2D eigenvalue weighted by Crippen LogP contribution is 2.19. The van der Waals surface area contributed by atoms with Gasteiger partial charge in [-0.25, -0.2) is 4.39 Å². The van der Waals surface area contributed by atoms with Crippen molar-refractivity contribution in [3.63, 3.8) is 0 Å². The number of nitrogens with zero attached hydrogens (tertiary/aromatic N) is 1. The second-order valence-electron chi connectivity index (χ2n) is 2.87. The summed E-state index contributed by atoms with van der Waals surface area (Å²) >= 11 is 0. The fourth-order valence-electron chi connectivity index (χ4n) is 1.52. The van der Waals surface area contributed by atoms with Crippen molar-refractivity contribution in [3.8, 4) is 0 Å². The van der Waals surface area contributed by atoms with Crippen LogP contribution in [-0.4, -0.2) is 30.7 Å². The second-order valence-corrected chi connectivity index (χ2v) is 2.87. The molecule has 0 aliphatic carbocycles. The zero-order valence-electron chi connectivity index (χ0n) is 6.10. The zero-order chi connectivity index (χ0) is 6.85. The SMILES string of the molecule is CC(F)[C@H]1CCCN1C. The van der Waals surface area contributed by atoms with Gasteiger partial charge >= 0.3 is 0 Å². The number of alkyl halides is 1. The molecule has 1 unspecified atom stereocenters. The molecule has 2 heteroatoms. The first kappa shape index (κ1) is 7.00. The van der Waals surface area contributed by atoms with Crippen LogP contribution in [0.1, 0.15) is 19.8 Å². The van der Waals surface area contributed by atoms with Crippen LogP contribution in [0.25, 0.3) is 0 Å². The minimum atomic E-state index is -0.655. The number of rotatable bonds is 1. The van der Waals surface area contributed by atoms with Crippen molar-refractivity contribution in [2.75, 3.05) is 13.6 Å². The van der Waals surface area contributed by atoms with E-state index < -0.39 is 6.17 Å². The van der Waals surface area contributed by atoms with Crippen LogP contribution in [0, 0.1) is 0 Å². The predicted octanol–water partition coefficient (Wildman–Crippen LogP) is 1.44. The zero-order valence-corrected chi connectivity index (χ0v) is 6.10. The molecule has 1 aliphatic heterocycles. The first-order valence-corrected chi connectivity index (χ1v) is 3.56. The Balaban J connectivity index is 2.40. The van der Waals surface area contributed by atoms with Crippen molar-refractivity contribution in [2.45, 2.75) is 32.0 Å². The third-order valence-electron chi connectivity index (χ3n) is 2.11. The summed E-state index contributed by atoms with van der Waals surface area (Å²) in [6, 6.07) is 0.199. The molecule has 1 rings (SSSR count). The summed E-state index contributed by atoms with van der Waals surface area (Å²) in [7, 11) is 1.99. The van der Waals surface area contributed by atoms with Gasteiger partial charge in [-0.1, -0.05) is 0 Å². The highest BCUT2D eigenvalue weighted by Gasteiger charge is 2.25. The third kappa shape index (κ3) is 1.42. The van der Waals surface area contributed by atoms with Crippen LogP contribution in [0.5, 0.6) is 0 Å². The van der Waals surface area contributed by atoms with E-state index in [-0.39, 0.29) is 6.04 Å². The van der Waals surface area contributed by atoms with Gasteiger partial charge in [0.05, 0.1) is 0 Å². The molecule has 1 nitrogen and oxygen atoms in total. The fraction of sp³-hybridized carbons (Fsp3) is 1.00. The summed E-state index contributed by atoms with van der Waals surface area (Å²) in [5.41, 5.74) is 0. The molecule has 0 spiro atoms. The van der Waals surface area contributed by atoms with Crippen LogP contribution < -0.4 is 0 Å². The molecule has 2 atom stereocenters. The third-order valence-corrected chi connectivity index (χ3v) is 2.11. The first-order chi connectivity index (χ1) is 4.22. The van der Waals surface area contributed by atoms with Crippen LogP contribution in [-0.2, 0) is 0 Å². The molecule has 1 heterocycles. The quantitative estimate of drug-likeness (QED) is 0.520. The summed E-state index contributed by atoms with van der Waals surface area (Å²) in [6.45, 7) is 2.71. The topological polar surface area (TPSA) is 3.24 Å². The van der Waals surface area contributed by atoms with Gasteiger partial charge in [-0.15, -0.1) is 0 Å². The normalized spacial score (nSPS) is 33.0. The van der Waals surface area contributed by atoms with Gasteiger partial charge in [0, 0.05) is 6.04 Å². The van der Waals surface area contributed by atoms with E-state index in [4.69, 9.17) is 0 Å². The second kappa shape index (κ2) is 2.65. The van der Waals surface area contributed by atoms with Gasteiger partial charge in [0.1, 0.15) is 6.17 Å². The van der Waals surface area contributed by atoms with Crippen LogP contribution in [0.4, 0.5) is 4.39 Å². The van der Waals surface area contributed by atoms with E-state index in [2.05, 4.69) is 4.90 Å². The van der Waals surface area contributed by atoms with E-state index in [0.717, 1.165) is 19.4 Å². The molecule has 1 saturated heterocycles. The number of halogens is 1. The highest BCUT2D eigenvalue weighted by atomic mass is 19.1. The average molecular weight is 131 g/mol. The lowest BCUT2D eigenvalue weighted by Gasteiger charge is -2.19. The Morgan fingerprint density at radius 2 is 2.33 bits per heavy atom. The van der Waals surface area contributed by atoms with Crippen molar-refractivity contribution in [1.82, 2.24) is 4.90 Å². The van der Waals surface area contributed by atoms with Gasteiger partial charge in [0.2, 0.25) is 0 Å². The Hall–Kier alpha value is -0.110. The fourth-order valence-corrected chi connectivity index (χ4v) is 1.52. The molecule has 54 valence electrons. The predicted molar refractivity (Wildman–Crippen MR) is 36.2 cm³/mol. The van der Waals surface area contributed by atoms with E-state index >= 15 is 0 Å². The maximum absolute atomic E-state index is 12.6. The standard InChI is InChI=1S/C7H14FN/c1-6(8)7-4-3-5-9(7)2/h6-7H,3-5H2,1-2H3/t6?,7-/m1/s1. The Kier molecular flexibility index (Phi) is 2.06. The van der Waals surface area contributed by atoms with E-state index in [0.29, 0.717) is 0 Å². The van der Waals surface area contributed by atoms with Gasteiger partial charge in [-0.3, -0.25) is 0 Å². The average Bonchev–Trinajstić information content (AvgIpc) is 2.13. The van der Waals surface area contributed by atoms with Crippen LogP contribution in [0.2, 0.25) is 0 Å². The highest BCUT2D eigenvalue weighted by molar-refractivity contribution is 4.80. The van der Waals surface area contributed by atoms with Crippen LogP contribution >= 0.6 is 0 Å². The minimum Gasteiger partial charge on any atom is -0.301 e. The van der Waals surface area contributed by atoms with Crippen molar-refractivity contribution in [2.24, 2.45) is 0 Å². The summed E-state index contributed by atoms with van der Waals surface area (Å²) < 4.78 is 12.6. The Morgan fingerprint density at radius 3 is 2.56 bits per heavy atom. The molecule has 0 N–H and O–H groups in total. The van der Waals surface area contributed by atoms with Gasteiger partial charge < -0.3 is 4.90 Å². The Bertz CT molecular complexity index is 92.9. The molecule has 9 heavy (non-hydrogen) atoms. The summed E-state index contributed by atoms with van der Waals surface area (Å²) in [6.07, 6.45) is 1.54. The van der Waals surface area contributed by atoms with Crippen LogP contribution in [0.3, 0.4) is 0 Å². The monoisotopic (exact) mass is 131 g/mol. The van der Waals surface area contributed by atoms with E-state index in [9.17, 15) is 4.39 Å². The molecular weight excluding hydrogens is 117 g/mol. The number of hydrogen-bond acceptors (Lipinski definition) is 1. The van der Waals surface area contributed by atoms with E-state index in [1.54, 1.807) is 6.92 Å². The van der Waals surface area contributed by atoms with Crippen molar-refractivity contribution >= 4 is 0 Å². The first-order valence-electron chi connectivity index (χ1n) is 3.56. The lowest BCUT2D eigenvalue weighted by atomic mass is 10.1. The van der Waals surface area contributed by atoms with Crippen LogP contribution in [0.15, 0.2) is 0 Å². The molecule has 0 aromatic rings. The molecule has 1 fully saturated rings. The van der Waals surface area contributed by atoms with Gasteiger partial charge in [-0.2, -0.15) is 0 Å². The lowest BCUT2D eigenvalue weighted by molar-refractivity contribution is 0.186. The van der Waals surface area contributed by atoms with Crippen molar-refractivity contribution < 1.29 is 4.39 Å². The molecule has 1 aliphatic rings. The molecule has 0 aromatic carbocycles. The largest absolute Gasteiger partial charge is 0.301 e. The van der Waals surface area contributed by atoms with Gasteiger partial charge in [-0.05, 0) is 33.4 Å². The molecule has 0 bridgehead atoms. The summed E-state index contributed by atoms with van der Waals surface area (Å²) in [5, 5.41) is 0. The van der Waals surface area contributed by atoms with Crippen molar-refractivity contribution in [1.29, 1.82) is 0 Å². The summed E-state index contributed by atoms with van der Waals surface area (Å²) in [4.78, 5) is 2.10. The Morgan fingerprint density at radius 1 is 1.67 bits per heavy atom. The minimum absolute atomic E-state index is 0.199. The van der Waals surface area contributed by atoms with E-state index in [1.165, 1.54) is 0 Å². The maximum Gasteiger partial charge on any atom is 0.113 e. The van der Waals surface area contributed by atoms with Crippen molar-refractivity contribution in [3.05, 3.63) is 0 Å². The smallest absolute Gasteiger partial charge is 0.113 e. The van der Waals surface area contributed by atoms with E-state index in [1.807, 2.05) is 7.05 Å². The molecule has 0 saturated carbocycles. The molecule has 0 radical (unpaired) electrons.